The van der Waals surface area contributed by atoms with Crippen LogP contribution in [-0.2, 0) is 33.3 Å². The fourth-order valence-corrected chi connectivity index (χ4v) is 4.05. The highest BCUT2D eigenvalue weighted by Crippen LogP contribution is 2.39. The van der Waals surface area contributed by atoms with E-state index in [4.69, 9.17) is 23.7 Å². The van der Waals surface area contributed by atoms with E-state index >= 15 is 0 Å². The molecule has 2 aromatic rings. The summed E-state index contributed by atoms with van der Waals surface area (Å²) in [4.78, 5) is 46.2. The van der Waals surface area contributed by atoms with E-state index in [0.717, 1.165) is 19.7 Å². The predicted octanol–water partition coefficient (Wildman–Crippen LogP) is 4.29. The number of nitrogens with zero attached hydrogens (tertiary/aromatic N) is 1. The molecule has 1 unspecified atom stereocenters. The second kappa shape index (κ2) is 10.6. The fourth-order valence-electron chi connectivity index (χ4n) is 3.32. The Morgan fingerprint density at radius 2 is 1.48 bits per heavy atom. The molecule has 1 fully saturated rings. The second-order valence-electron chi connectivity index (χ2n) is 7.14. The number of hydrogen-bond acceptors (Lipinski definition) is 10. The van der Waals surface area contributed by atoms with Gasteiger partial charge in [-0.05, 0) is 72.1 Å². The zero-order valence-electron chi connectivity index (χ0n) is 17.7. The van der Waals surface area contributed by atoms with Gasteiger partial charge in [0, 0.05) is 29.7 Å². The SMILES string of the molecule is CC(=O)OC[C@H]1O[C@@H](Oc2cc3cc(Br)c(Br)cc3cc2N=O)[C@@H](OC(C)=O)C1OC(C)=O. The van der Waals surface area contributed by atoms with Crippen LogP contribution >= 0.6 is 31.9 Å². The van der Waals surface area contributed by atoms with Crippen LogP contribution in [0.5, 0.6) is 5.75 Å². The van der Waals surface area contributed by atoms with Gasteiger partial charge in [0.25, 0.3) is 0 Å². The number of nitroso groups, excluding NO2 is 1. The Morgan fingerprint density at radius 3 is 2.03 bits per heavy atom. The zero-order chi connectivity index (χ0) is 24.3. The number of fused-ring (bicyclic) bond motifs is 1. The van der Waals surface area contributed by atoms with E-state index in [2.05, 4.69) is 37.0 Å². The van der Waals surface area contributed by atoms with E-state index in [9.17, 15) is 19.3 Å². The Labute approximate surface area is 205 Å². The molecule has 4 atom stereocenters. The van der Waals surface area contributed by atoms with Gasteiger partial charge in [0.15, 0.2) is 17.5 Å². The number of carbonyl (C=O) groups is 3. The second-order valence-corrected chi connectivity index (χ2v) is 8.84. The molecule has 0 aromatic heterocycles. The van der Waals surface area contributed by atoms with E-state index in [1.54, 1.807) is 12.1 Å². The van der Waals surface area contributed by atoms with Crippen molar-refractivity contribution in [2.75, 3.05) is 6.61 Å². The minimum Gasteiger partial charge on any atom is -0.463 e. The van der Waals surface area contributed by atoms with Gasteiger partial charge in [-0.3, -0.25) is 14.4 Å². The average Bonchev–Trinajstić information content (AvgIpc) is 3.02. The van der Waals surface area contributed by atoms with E-state index in [0.29, 0.717) is 0 Å². The first kappa shape index (κ1) is 25.1. The van der Waals surface area contributed by atoms with Gasteiger partial charge in [0.05, 0.1) is 0 Å². The molecule has 10 nitrogen and oxygen atoms in total. The van der Waals surface area contributed by atoms with Crippen molar-refractivity contribution in [3.8, 4) is 5.75 Å². The predicted molar refractivity (Wildman–Crippen MR) is 122 cm³/mol. The lowest BCUT2D eigenvalue weighted by Gasteiger charge is -2.23. The Morgan fingerprint density at radius 1 is 0.909 bits per heavy atom. The number of ether oxygens (including phenoxy) is 5. The van der Waals surface area contributed by atoms with Gasteiger partial charge in [-0.25, -0.2) is 0 Å². The highest BCUT2D eigenvalue weighted by Gasteiger charge is 2.51. The molecule has 0 aliphatic carbocycles. The summed E-state index contributed by atoms with van der Waals surface area (Å²) >= 11 is 6.83. The van der Waals surface area contributed by atoms with Crippen LogP contribution in [-0.4, -0.2) is 49.1 Å². The maximum absolute atomic E-state index is 11.7. The van der Waals surface area contributed by atoms with Crippen molar-refractivity contribution in [3.05, 3.63) is 38.1 Å². The lowest BCUT2D eigenvalue weighted by atomic mass is 10.1. The van der Waals surface area contributed by atoms with Gasteiger partial charge in [-0.2, -0.15) is 0 Å². The van der Waals surface area contributed by atoms with Crippen molar-refractivity contribution in [1.82, 2.24) is 0 Å². The molecule has 0 saturated carbocycles. The number of carbonyl (C=O) groups excluding carboxylic acids is 3. The molecule has 1 aliphatic rings. The van der Waals surface area contributed by atoms with Crippen LogP contribution in [0, 0.1) is 4.91 Å². The third-order valence-electron chi connectivity index (χ3n) is 4.62. The first-order valence-corrected chi connectivity index (χ1v) is 11.2. The number of benzene rings is 2. The molecular formula is C21H19Br2NO9. The van der Waals surface area contributed by atoms with E-state index in [-0.39, 0.29) is 18.0 Å². The van der Waals surface area contributed by atoms with E-state index in [1.165, 1.54) is 26.8 Å². The zero-order valence-corrected chi connectivity index (χ0v) is 20.9. The van der Waals surface area contributed by atoms with Gasteiger partial charge < -0.3 is 23.7 Å². The summed E-state index contributed by atoms with van der Waals surface area (Å²) < 4.78 is 28.8. The third-order valence-corrected chi connectivity index (χ3v) is 6.47. The minimum atomic E-state index is -1.28. The summed E-state index contributed by atoms with van der Waals surface area (Å²) in [5, 5.41) is 4.47. The van der Waals surface area contributed by atoms with Crippen LogP contribution in [0.4, 0.5) is 5.69 Å². The maximum atomic E-state index is 11.7. The van der Waals surface area contributed by atoms with Gasteiger partial charge in [0.1, 0.15) is 12.7 Å². The molecule has 1 saturated heterocycles. The number of hydrogen-bond donors (Lipinski definition) is 0. The maximum Gasteiger partial charge on any atom is 0.303 e. The largest absolute Gasteiger partial charge is 0.463 e. The summed E-state index contributed by atoms with van der Waals surface area (Å²) in [5.74, 6) is -1.86. The Hall–Kier alpha value is -2.57. The molecule has 0 bridgehead atoms. The molecule has 0 N–H and O–H groups in total. The van der Waals surface area contributed by atoms with Crippen LogP contribution in [0.1, 0.15) is 20.8 Å². The molecule has 0 radical (unpaired) electrons. The van der Waals surface area contributed by atoms with Crippen molar-refractivity contribution in [2.45, 2.75) is 45.4 Å². The van der Waals surface area contributed by atoms with Crippen LogP contribution in [0.2, 0.25) is 0 Å². The summed E-state index contributed by atoms with van der Waals surface area (Å²) in [6, 6.07) is 6.73. The van der Waals surface area contributed by atoms with E-state index < -0.39 is 42.5 Å². The fraction of sp³-hybridized carbons (Fsp3) is 0.381. The molecule has 1 heterocycles. The molecule has 33 heavy (non-hydrogen) atoms. The lowest BCUT2D eigenvalue weighted by Crippen LogP contribution is -2.42. The van der Waals surface area contributed by atoms with Crippen molar-refractivity contribution < 1.29 is 38.1 Å². The van der Waals surface area contributed by atoms with E-state index in [1.807, 2.05) is 6.07 Å². The normalized spacial score (nSPS) is 22.0. The van der Waals surface area contributed by atoms with Crippen molar-refractivity contribution >= 4 is 66.2 Å². The summed E-state index contributed by atoms with van der Waals surface area (Å²) in [5.41, 5.74) is -0.0191. The number of esters is 3. The minimum absolute atomic E-state index is 0.0191. The van der Waals surface area contributed by atoms with Crippen molar-refractivity contribution in [3.63, 3.8) is 0 Å². The van der Waals surface area contributed by atoms with Crippen LogP contribution in [0.3, 0.4) is 0 Å². The van der Waals surface area contributed by atoms with Crippen LogP contribution in [0.25, 0.3) is 10.8 Å². The lowest BCUT2D eigenvalue weighted by molar-refractivity contribution is -0.170. The molecule has 2 aromatic carbocycles. The summed E-state index contributed by atoms with van der Waals surface area (Å²) in [6.07, 6.45) is -4.58. The first-order chi connectivity index (χ1) is 15.6. The monoisotopic (exact) mass is 587 g/mol. The van der Waals surface area contributed by atoms with Crippen molar-refractivity contribution in [1.29, 1.82) is 0 Å². The Bertz CT molecular complexity index is 1110. The molecule has 0 spiro atoms. The number of halogens is 2. The van der Waals surface area contributed by atoms with Gasteiger partial charge in [-0.1, -0.05) is 0 Å². The van der Waals surface area contributed by atoms with Gasteiger partial charge in [-0.15, -0.1) is 4.91 Å². The first-order valence-electron chi connectivity index (χ1n) is 9.65. The van der Waals surface area contributed by atoms with Gasteiger partial charge in [0.2, 0.25) is 12.4 Å². The Balaban J connectivity index is 1.98. The van der Waals surface area contributed by atoms with Crippen LogP contribution in [0.15, 0.2) is 38.4 Å². The highest BCUT2D eigenvalue weighted by molar-refractivity contribution is 9.13. The highest BCUT2D eigenvalue weighted by atomic mass is 79.9. The topological polar surface area (TPSA) is 127 Å². The molecule has 0 amide bonds. The third kappa shape index (κ3) is 6.06. The molecule has 1 aliphatic heterocycles. The molecule has 12 heteroatoms. The average molecular weight is 589 g/mol. The van der Waals surface area contributed by atoms with Crippen LogP contribution < -0.4 is 4.74 Å². The summed E-state index contributed by atoms with van der Waals surface area (Å²) in [7, 11) is 0. The smallest absolute Gasteiger partial charge is 0.303 e. The Kier molecular flexibility index (Phi) is 8.03. The molecule has 3 rings (SSSR count). The van der Waals surface area contributed by atoms with Crippen molar-refractivity contribution in [2.24, 2.45) is 5.18 Å². The number of rotatable bonds is 7. The molecular weight excluding hydrogens is 570 g/mol. The quantitative estimate of drug-likeness (QED) is 0.264. The molecule has 176 valence electrons. The van der Waals surface area contributed by atoms with Gasteiger partial charge >= 0.3 is 17.9 Å². The summed E-state index contributed by atoms with van der Waals surface area (Å²) in [6.45, 7) is 3.28. The standard InChI is InChI=1S/C21H19Br2NO9/c1-9(25)29-8-18-19(30-10(2)26)20(31-11(3)27)21(33-18)32-17-7-13-5-15(23)14(22)4-12(13)6-16(17)24-28/h4-7,18-21H,8H2,1-3H3/t18-,19?,20+,21-/m1/s1.